The lowest BCUT2D eigenvalue weighted by atomic mass is 9.90. The van der Waals surface area contributed by atoms with Gasteiger partial charge in [-0.1, -0.05) is 39.0 Å². The first kappa shape index (κ1) is 20.4. The number of aliphatic hydroxyl groups is 1. The fourth-order valence-electron chi connectivity index (χ4n) is 4.13. The minimum absolute atomic E-state index is 0.0407. The van der Waals surface area contributed by atoms with Crippen LogP contribution in [0.25, 0.3) is 11.0 Å². The van der Waals surface area contributed by atoms with Crippen LogP contribution in [-0.2, 0) is 10.2 Å². The normalized spacial score (nSPS) is 20.7. The van der Waals surface area contributed by atoms with Crippen molar-refractivity contribution in [3.63, 3.8) is 0 Å². The molecule has 1 fully saturated rings. The van der Waals surface area contributed by atoms with E-state index in [1.54, 1.807) is 0 Å². The van der Waals surface area contributed by atoms with E-state index in [-0.39, 0.29) is 11.5 Å². The molecule has 1 aliphatic heterocycles. The predicted molar refractivity (Wildman–Crippen MR) is 110 cm³/mol. The lowest BCUT2D eigenvalue weighted by molar-refractivity contribution is 0.0308. The molecule has 2 heterocycles. The molecule has 1 aromatic heterocycles. The fraction of sp³-hybridized carbons (Fsp3) is 0.652. The molecule has 1 saturated heterocycles. The van der Waals surface area contributed by atoms with Gasteiger partial charge in [0, 0.05) is 30.0 Å². The van der Waals surface area contributed by atoms with Crippen molar-refractivity contribution in [2.45, 2.75) is 70.5 Å². The Kier molecular flexibility index (Phi) is 6.61. The molecule has 0 spiro atoms. The van der Waals surface area contributed by atoms with Crippen LogP contribution in [0.15, 0.2) is 28.7 Å². The molecule has 0 radical (unpaired) electrons. The zero-order chi connectivity index (χ0) is 19.4. The first-order chi connectivity index (χ1) is 12.9. The van der Waals surface area contributed by atoms with Gasteiger partial charge in [0.1, 0.15) is 11.3 Å². The Labute approximate surface area is 163 Å². The van der Waals surface area contributed by atoms with Crippen molar-refractivity contribution in [3.8, 4) is 0 Å². The molecule has 4 nitrogen and oxygen atoms in total. The first-order valence-corrected chi connectivity index (χ1v) is 10.3. The molecular formula is C23H35NO3. The lowest BCUT2D eigenvalue weighted by Gasteiger charge is -2.30. The second-order valence-electron chi connectivity index (χ2n) is 8.95. The molecule has 0 bridgehead atoms. The van der Waals surface area contributed by atoms with Crippen molar-refractivity contribution in [1.29, 1.82) is 0 Å². The van der Waals surface area contributed by atoms with Crippen LogP contribution in [0.4, 0.5) is 0 Å². The maximum Gasteiger partial charge on any atom is 0.140 e. The predicted octanol–water partition coefficient (Wildman–Crippen LogP) is 4.95. The van der Waals surface area contributed by atoms with Gasteiger partial charge in [0.05, 0.1) is 12.2 Å². The van der Waals surface area contributed by atoms with Gasteiger partial charge in [-0.2, -0.15) is 0 Å². The molecular weight excluding hydrogens is 338 g/mol. The van der Waals surface area contributed by atoms with Crippen molar-refractivity contribution < 1.29 is 14.3 Å². The van der Waals surface area contributed by atoms with E-state index in [9.17, 15) is 5.11 Å². The van der Waals surface area contributed by atoms with Crippen LogP contribution in [0.5, 0.6) is 0 Å². The van der Waals surface area contributed by atoms with Gasteiger partial charge in [-0.25, -0.2) is 0 Å². The van der Waals surface area contributed by atoms with Crippen LogP contribution in [0.2, 0.25) is 0 Å². The number of hydrogen-bond acceptors (Lipinski definition) is 4. The molecule has 0 aliphatic carbocycles. The van der Waals surface area contributed by atoms with Crippen molar-refractivity contribution >= 4 is 11.0 Å². The van der Waals surface area contributed by atoms with E-state index in [4.69, 9.17) is 9.15 Å². The highest BCUT2D eigenvalue weighted by Gasteiger charge is 2.24. The van der Waals surface area contributed by atoms with E-state index in [1.807, 2.05) is 19.2 Å². The zero-order valence-corrected chi connectivity index (χ0v) is 17.3. The van der Waals surface area contributed by atoms with E-state index in [2.05, 4.69) is 38.2 Å². The summed E-state index contributed by atoms with van der Waals surface area (Å²) in [5.74, 6) is 1.55. The Balaban J connectivity index is 1.63. The van der Waals surface area contributed by atoms with Crippen molar-refractivity contribution in [3.05, 3.63) is 35.6 Å². The quantitative estimate of drug-likeness (QED) is 0.721. The van der Waals surface area contributed by atoms with Crippen molar-refractivity contribution in [1.82, 2.24) is 5.32 Å². The summed E-state index contributed by atoms with van der Waals surface area (Å²) < 4.78 is 11.9. The topological polar surface area (TPSA) is 54.6 Å². The highest BCUT2D eigenvalue weighted by molar-refractivity contribution is 5.81. The Bertz CT molecular complexity index is 725. The third-order valence-electron chi connectivity index (χ3n) is 5.80. The Hall–Kier alpha value is -1.36. The highest BCUT2D eigenvalue weighted by Crippen LogP contribution is 2.34. The first-order valence-electron chi connectivity index (χ1n) is 10.3. The molecule has 0 saturated carbocycles. The summed E-state index contributed by atoms with van der Waals surface area (Å²) in [5.41, 5.74) is 1.69. The molecule has 27 heavy (non-hydrogen) atoms. The van der Waals surface area contributed by atoms with Gasteiger partial charge >= 0.3 is 0 Å². The summed E-state index contributed by atoms with van der Waals surface area (Å²) in [6.07, 6.45) is 4.89. The molecule has 150 valence electrons. The Morgan fingerprint density at radius 2 is 2.11 bits per heavy atom. The summed E-state index contributed by atoms with van der Waals surface area (Å²) in [5, 5.41) is 15.3. The van der Waals surface area contributed by atoms with Crippen LogP contribution in [0.1, 0.15) is 70.3 Å². The molecule has 4 heteroatoms. The van der Waals surface area contributed by atoms with E-state index >= 15 is 0 Å². The van der Waals surface area contributed by atoms with Crippen LogP contribution >= 0.6 is 0 Å². The third kappa shape index (κ3) is 4.92. The van der Waals surface area contributed by atoms with Gasteiger partial charge in [0.25, 0.3) is 0 Å². The van der Waals surface area contributed by atoms with Gasteiger partial charge in [-0.3, -0.25) is 0 Å². The summed E-state index contributed by atoms with van der Waals surface area (Å²) in [6.45, 7) is 8.60. The number of rotatable bonds is 7. The third-order valence-corrected chi connectivity index (χ3v) is 5.80. The number of hydrogen-bond donors (Lipinski definition) is 2. The van der Waals surface area contributed by atoms with Crippen LogP contribution in [0, 0.1) is 5.92 Å². The molecule has 2 unspecified atom stereocenters. The molecule has 3 rings (SSSR count). The highest BCUT2D eigenvalue weighted by atomic mass is 16.5. The molecule has 2 aromatic rings. The SMILES string of the molecule is COC(CCCC(O)c1cccc2cc(C(C)(C)C)oc12)[C@@H]1CCCNC1. The minimum atomic E-state index is -0.505. The zero-order valence-electron chi connectivity index (χ0n) is 17.3. The molecule has 1 aliphatic rings. The summed E-state index contributed by atoms with van der Waals surface area (Å²) in [7, 11) is 1.81. The fourth-order valence-corrected chi connectivity index (χ4v) is 4.13. The molecule has 0 amide bonds. The summed E-state index contributed by atoms with van der Waals surface area (Å²) in [4.78, 5) is 0. The van der Waals surface area contributed by atoms with E-state index in [0.29, 0.717) is 5.92 Å². The average molecular weight is 374 g/mol. The monoisotopic (exact) mass is 373 g/mol. The van der Waals surface area contributed by atoms with Crippen LogP contribution < -0.4 is 5.32 Å². The molecule has 2 N–H and O–H groups in total. The number of fused-ring (bicyclic) bond motifs is 1. The smallest absolute Gasteiger partial charge is 0.140 e. The van der Waals surface area contributed by atoms with Gasteiger partial charge < -0.3 is 19.6 Å². The van der Waals surface area contributed by atoms with Gasteiger partial charge in [0.2, 0.25) is 0 Å². The number of nitrogens with one attached hydrogen (secondary N) is 1. The van der Waals surface area contributed by atoms with Gasteiger partial charge in [-0.05, 0) is 50.6 Å². The van der Waals surface area contributed by atoms with Gasteiger partial charge in [-0.15, -0.1) is 0 Å². The number of methoxy groups -OCH3 is 1. The Morgan fingerprint density at radius 3 is 2.78 bits per heavy atom. The van der Waals surface area contributed by atoms with E-state index in [0.717, 1.165) is 54.6 Å². The maximum atomic E-state index is 10.8. The standard InChI is InChI=1S/C23H35NO3/c1-23(2,3)21-14-16-8-5-10-18(22(16)27-21)19(25)11-6-12-20(26-4)17-9-7-13-24-15-17/h5,8,10,14,17,19-20,24-25H,6-7,9,11-13,15H2,1-4H3/t17-,19?,20?/m1/s1. The number of para-hydroxylation sites is 1. The van der Waals surface area contributed by atoms with Gasteiger partial charge in [0.15, 0.2) is 0 Å². The maximum absolute atomic E-state index is 10.8. The second-order valence-corrected chi connectivity index (χ2v) is 8.95. The molecule has 1 aromatic carbocycles. The van der Waals surface area contributed by atoms with Crippen molar-refractivity contribution in [2.24, 2.45) is 5.92 Å². The minimum Gasteiger partial charge on any atom is -0.460 e. The lowest BCUT2D eigenvalue weighted by Crippen LogP contribution is -2.37. The van der Waals surface area contributed by atoms with Crippen LogP contribution in [0.3, 0.4) is 0 Å². The largest absolute Gasteiger partial charge is 0.460 e. The van der Waals surface area contributed by atoms with E-state index in [1.165, 1.54) is 12.8 Å². The van der Waals surface area contributed by atoms with Crippen LogP contribution in [-0.4, -0.2) is 31.4 Å². The number of furan rings is 1. The number of aliphatic hydroxyl groups excluding tert-OH is 1. The Morgan fingerprint density at radius 1 is 1.30 bits per heavy atom. The second kappa shape index (κ2) is 8.76. The number of benzene rings is 1. The average Bonchev–Trinajstić information content (AvgIpc) is 3.10. The number of piperidine rings is 1. The summed E-state index contributed by atoms with van der Waals surface area (Å²) in [6, 6.07) is 8.15. The molecule has 3 atom stereocenters. The van der Waals surface area contributed by atoms with Crippen molar-refractivity contribution in [2.75, 3.05) is 20.2 Å². The number of ether oxygens (including phenoxy) is 1. The summed E-state index contributed by atoms with van der Waals surface area (Å²) >= 11 is 0. The van der Waals surface area contributed by atoms with E-state index < -0.39 is 6.10 Å².